The molecule has 1 aliphatic heterocycles. The summed E-state index contributed by atoms with van der Waals surface area (Å²) in [6.07, 6.45) is 0. The first-order valence-corrected chi connectivity index (χ1v) is 6.96. The number of rotatable bonds is 5. The van der Waals surface area contributed by atoms with Crippen molar-refractivity contribution in [2.45, 2.75) is 5.54 Å². The molecule has 2 rings (SSSR count). The van der Waals surface area contributed by atoms with Crippen molar-refractivity contribution in [2.24, 2.45) is 0 Å². The summed E-state index contributed by atoms with van der Waals surface area (Å²) in [6.45, 7) is 5.28. The van der Waals surface area contributed by atoms with Gasteiger partial charge in [0.1, 0.15) is 0 Å². The second-order valence-electron chi connectivity index (χ2n) is 5.44. The van der Waals surface area contributed by atoms with Crippen LogP contribution in [0.25, 0.3) is 0 Å². The lowest BCUT2D eigenvalue weighted by Crippen LogP contribution is -2.56. The van der Waals surface area contributed by atoms with Gasteiger partial charge in [-0.15, -0.1) is 0 Å². The third-order valence-electron chi connectivity index (χ3n) is 4.16. The van der Waals surface area contributed by atoms with E-state index in [2.05, 4.69) is 34.3 Å². The molecule has 0 radical (unpaired) electrons. The van der Waals surface area contributed by atoms with Gasteiger partial charge >= 0.3 is 0 Å². The normalized spacial score (nSPS) is 21.2. The van der Waals surface area contributed by atoms with Crippen molar-refractivity contribution >= 4 is 0 Å². The molecule has 1 aromatic carbocycles. The van der Waals surface area contributed by atoms with E-state index in [0.29, 0.717) is 0 Å². The topological polar surface area (TPSA) is 38.7 Å². The molecule has 1 fully saturated rings. The number of hydrogen-bond acceptors (Lipinski definition) is 4. The van der Waals surface area contributed by atoms with Gasteiger partial charge in [0.2, 0.25) is 0 Å². The van der Waals surface area contributed by atoms with Crippen LogP contribution in [0.15, 0.2) is 30.3 Å². The number of nitrogens with one attached hydrogen (secondary N) is 1. The fraction of sp³-hybridized carbons (Fsp3) is 0.600. The molecule has 1 atom stereocenters. The van der Waals surface area contributed by atoms with Crippen LogP contribution in [0.1, 0.15) is 5.56 Å². The van der Waals surface area contributed by atoms with Crippen LogP contribution in [0, 0.1) is 0 Å². The minimum absolute atomic E-state index is 0.111. The molecule has 0 bridgehead atoms. The summed E-state index contributed by atoms with van der Waals surface area (Å²) in [5.74, 6) is 0. The number of piperazine rings is 1. The van der Waals surface area contributed by atoms with Crippen LogP contribution in [-0.2, 0) is 5.54 Å². The van der Waals surface area contributed by atoms with Crippen molar-refractivity contribution in [1.82, 2.24) is 15.1 Å². The van der Waals surface area contributed by atoms with Gasteiger partial charge in [-0.3, -0.25) is 4.90 Å². The summed E-state index contributed by atoms with van der Waals surface area (Å²) in [6, 6.07) is 10.2. The average molecular weight is 263 g/mol. The Hall–Kier alpha value is -0.940. The predicted octanol–water partition coefficient (Wildman–Crippen LogP) is 0.341. The van der Waals surface area contributed by atoms with Gasteiger partial charge in [0, 0.05) is 32.7 Å². The second kappa shape index (κ2) is 6.48. The molecule has 0 saturated carbocycles. The van der Waals surface area contributed by atoms with Crippen molar-refractivity contribution in [3.8, 4) is 0 Å². The highest BCUT2D eigenvalue weighted by molar-refractivity contribution is 5.25. The summed E-state index contributed by atoms with van der Waals surface area (Å²) in [4.78, 5) is 4.78. The van der Waals surface area contributed by atoms with Crippen molar-refractivity contribution in [2.75, 3.05) is 53.4 Å². The zero-order chi connectivity index (χ0) is 13.7. The summed E-state index contributed by atoms with van der Waals surface area (Å²) < 4.78 is 0. The number of aliphatic hydroxyl groups is 1. The van der Waals surface area contributed by atoms with Gasteiger partial charge in [0.05, 0.1) is 12.1 Å². The molecule has 0 amide bonds. The number of hydrogen-bond donors (Lipinski definition) is 2. The SMILES string of the molecule is CNC(CO)(CN1CCN(C)CC1)c1ccccc1. The van der Waals surface area contributed by atoms with Gasteiger partial charge < -0.3 is 15.3 Å². The first-order valence-electron chi connectivity index (χ1n) is 6.96. The van der Waals surface area contributed by atoms with Crippen LogP contribution < -0.4 is 5.32 Å². The predicted molar refractivity (Wildman–Crippen MR) is 78.2 cm³/mol. The van der Waals surface area contributed by atoms with Crippen molar-refractivity contribution in [1.29, 1.82) is 0 Å². The molecular formula is C15H25N3O. The third-order valence-corrected chi connectivity index (χ3v) is 4.16. The zero-order valence-electron chi connectivity index (χ0n) is 12.0. The van der Waals surface area contributed by atoms with Gasteiger partial charge in [-0.1, -0.05) is 30.3 Å². The van der Waals surface area contributed by atoms with Gasteiger partial charge in [0.15, 0.2) is 0 Å². The summed E-state index contributed by atoms with van der Waals surface area (Å²) in [5, 5.41) is 13.2. The lowest BCUT2D eigenvalue weighted by molar-refractivity contribution is 0.0812. The van der Waals surface area contributed by atoms with Gasteiger partial charge in [-0.2, -0.15) is 0 Å². The van der Waals surface area contributed by atoms with E-state index in [1.54, 1.807) is 0 Å². The molecule has 0 spiro atoms. The van der Waals surface area contributed by atoms with E-state index in [-0.39, 0.29) is 12.1 Å². The molecule has 1 heterocycles. The van der Waals surface area contributed by atoms with E-state index in [9.17, 15) is 5.11 Å². The molecule has 1 aromatic rings. The molecule has 1 unspecified atom stereocenters. The summed E-state index contributed by atoms with van der Waals surface area (Å²) in [7, 11) is 4.09. The number of benzene rings is 1. The number of likely N-dealkylation sites (N-methyl/N-ethyl adjacent to an activating group) is 2. The zero-order valence-corrected chi connectivity index (χ0v) is 12.0. The number of aliphatic hydroxyl groups excluding tert-OH is 1. The Morgan fingerprint density at radius 3 is 2.32 bits per heavy atom. The fourth-order valence-corrected chi connectivity index (χ4v) is 2.68. The van der Waals surface area contributed by atoms with Crippen LogP contribution >= 0.6 is 0 Å². The maximum absolute atomic E-state index is 9.91. The molecule has 4 heteroatoms. The molecule has 19 heavy (non-hydrogen) atoms. The quantitative estimate of drug-likeness (QED) is 0.803. The fourth-order valence-electron chi connectivity index (χ4n) is 2.68. The van der Waals surface area contributed by atoms with Crippen LogP contribution in [0.2, 0.25) is 0 Å². The maximum Gasteiger partial charge on any atom is 0.0795 e. The molecule has 4 nitrogen and oxygen atoms in total. The van der Waals surface area contributed by atoms with Crippen LogP contribution in [0.3, 0.4) is 0 Å². The lowest BCUT2D eigenvalue weighted by Gasteiger charge is -2.40. The molecule has 0 aliphatic carbocycles. The Labute approximate surface area is 116 Å². The van der Waals surface area contributed by atoms with E-state index in [1.807, 2.05) is 25.2 Å². The Morgan fingerprint density at radius 1 is 1.16 bits per heavy atom. The Morgan fingerprint density at radius 2 is 1.79 bits per heavy atom. The van der Waals surface area contributed by atoms with E-state index in [1.165, 1.54) is 0 Å². The van der Waals surface area contributed by atoms with E-state index in [0.717, 1.165) is 38.3 Å². The second-order valence-corrected chi connectivity index (χ2v) is 5.44. The average Bonchev–Trinajstić information content (AvgIpc) is 2.48. The van der Waals surface area contributed by atoms with Crippen molar-refractivity contribution in [3.63, 3.8) is 0 Å². The Balaban J connectivity index is 2.11. The molecular weight excluding hydrogens is 238 g/mol. The summed E-state index contributed by atoms with van der Waals surface area (Å²) >= 11 is 0. The minimum Gasteiger partial charge on any atom is -0.394 e. The minimum atomic E-state index is -0.364. The Bertz CT molecular complexity index is 370. The smallest absolute Gasteiger partial charge is 0.0795 e. The highest BCUT2D eigenvalue weighted by Gasteiger charge is 2.32. The maximum atomic E-state index is 9.91. The van der Waals surface area contributed by atoms with E-state index in [4.69, 9.17) is 0 Å². The Kier molecular flexibility index (Phi) is 4.93. The molecule has 0 aromatic heterocycles. The molecule has 2 N–H and O–H groups in total. The standard InChI is InChI=1S/C15H25N3O/c1-16-15(13-19,14-6-4-3-5-7-14)12-18-10-8-17(2)9-11-18/h3-7,16,19H,8-13H2,1-2H3. The molecule has 106 valence electrons. The lowest BCUT2D eigenvalue weighted by atomic mass is 9.90. The molecule has 1 saturated heterocycles. The largest absolute Gasteiger partial charge is 0.394 e. The highest BCUT2D eigenvalue weighted by atomic mass is 16.3. The van der Waals surface area contributed by atoms with Crippen molar-refractivity contribution < 1.29 is 5.11 Å². The molecule has 1 aliphatic rings. The van der Waals surface area contributed by atoms with Gasteiger partial charge in [-0.05, 0) is 19.7 Å². The highest BCUT2D eigenvalue weighted by Crippen LogP contribution is 2.22. The van der Waals surface area contributed by atoms with Gasteiger partial charge in [-0.25, -0.2) is 0 Å². The van der Waals surface area contributed by atoms with Crippen LogP contribution in [0.5, 0.6) is 0 Å². The van der Waals surface area contributed by atoms with Gasteiger partial charge in [0.25, 0.3) is 0 Å². The van der Waals surface area contributed by atoms with Crippen molar-refractivity contribution in [3.05, 3.63) is 35.9 Å². The first kappa shape index (κ1) is 14.5. The number of nitrogens with zero attached hydrogens (tertiary/aromatic N) is 2. The van der Waals surface area contributed by atoms with E-state index < -0.39 is 0 Å². The van der Waals surface area contributed by atoms with E-state index >= 15 is 0 Å². The monoisotopic (exact) mass is 263 g/mol. The van der Waals surface area contributed by atoms with Crippen LogP contribution in [0.4, 0.5) is 0 Å². The first-order chi connectivity index (χ1) is 9.20. The third kappa shape index (κ3) is 3.34. The summed E-state index contributed by atoms with van der Waals surface area (Å²) in [5.41, 5.74) is 0.788. The van der Waals surface area contributed by atoms with Crippen LogP contribution in [-0.4, -0.2) is 68.3 Å².